The van der Waals surface area contributed by atoms with Crippen molar-refractivity contribution in [2.24, 2.45) is 5.92 Å². The summed E-state index contributed by atoms with van der Waals surface area (Å²) >= 11 is 0. The van der Waals surface area contributed by atoms with Crippen molar-refractivity contribution in [1.29, 1.82) is 5.26 Å². The van der Waals surface area contributed by atoms with Crippen molar-refractivity contribution < 1.29 is 0 Å². The average molecular weight is 280 g/mol. The van der Waals surface area contributed by atoms with Gasteiger partial charge in [0.05, 0.1) is 0 Å². The van der Waals surface area contributed by atoms with Crippen LogP contribution in [0.1, 0.15) is 42.6 Å². The van der Waals surface area contributed by atoms with E-state index in [4.69, 9.17) is 5.26 Å². The number of nitrogens with one attached hydrogen (secondary N) is 1. The Morgan fingerprint density at radius 2 is 2.33 bits per heavy atom. The van der Waals surface area contributed by atoms with Gasteiger partial charge in [0.1, 0.15) is 11.8 Å². The Balaban J connectivity index is 1.77. The summed E-state index contributed by atoms with van der Waals surface area (Å²) in [6.07, 6.45) is 8.60. The molecule has 0 amide bonds. The van der Waals surface area contributed by atoms with Crippen LogP contribution in [0.25, 0.3) is 0 Å². The van der Waals surface area contributed by atoms with Gasteiger partial charge >= 0.3 is 0 Å². The monoisotopic (exact) mass is 280 g/mol. The molecule has 108 valence electrons. The standard InChI is InChI=1S/C17H20N4/c1-2-19-17(13-5-6-13)15-7-9-21(12-15)11-14-4-3-8-20-16(14)10-18/h3-4,7-9,12-13,17,19H,2,5-6,11H2,1H3. The van der Waals surface area contributed by atoms with Crippen molar-refractivity contribution in [3.05, 3.63) is 53.6 Å². The van der Waals surface area contributed by atoms with Crippen LogP contribution in [0.2, 0.25) is 0 Å². The summed E-state index contributed by atoms with van der Waals surface area (Å²) in [5, 5.41) is 12.7. The van der Waals surface area contributed by atoms with Crippen molar-refractivity contribution in [3.8, 4) is 6.07 Å². The Labute approximate surface area is 125 Å². The van der Waals surface area contributed by atoms with Crippen LogP contribution in [0.4, 0.5) is 0 Å². The quantitative estimate of drug-likeness (QED) is 0.885. The molecule has 1 saturated carbocycles. The SMILES string of the molecule is CCNC(c1ccn(Cc2cccnc2C#N)c1)C1CC1. The van der Waals surface area contributed by atoms with Crippen LogP contribution in [0.3, 0.4) is 0 Å². The minimum Gasteiger partial charge on any atom is -0.349 e. The third-order valence-corrected chi connectivity index (χ3v) is 4.00. The molecule has 2 aromatic rings. The summed E-state index contributed by atoms with van der Waals surface area (Å²) in [4.78, 5) is 4.12. The Hall–Kier alpha value is -2.12. The molecule has 4 heteroatoms. The maximum Gasteiger partial charge on any atom is 0.145 e. The Morgan fingerprint density at radius 1 is 1.48 bits per heavy atom. The summed E-state index contributed by atoms with van der Waals surface area (Å²) in [6.45, 7) is 3.84. The van der Waals surface area contributed by atoms with E-state index < -0.39 is 0 Å². The number of nitrogens with zero attached hydrogens (tertiary/aromatic N) is 3. The zero-order valence-corrected chi connectivity index (χ0v) is 12.3. The molecule has 2 heterocycles. The van der Waals surface area contributed by atoms with Crippen LogP contribution < -0.4 is 5.32 Å². The fraction of sp³-hybridized carbons (Fsp3) is 0.412. The zero-order chi connectivity index (χ0) is 14.7. The first-order valence-electron chi connectivity index (χ1n) is 7.55. The van der Waals surface area contributed by atoms with Gasteiger partial charge in [0.15, 0.2) is 0 Å². The molecule has 1 N–H and O–H groups in total. The molecule has 2 aromatic heterocycles. The number of hydrogen-bond acceptors (Lipinski definition) is 3. The zero-order valence-electron chi connectivity index (χ0n) is 12.3. The van der Waals surface area contributed by atoms with Gasteiger partial charge in [0.25, 0.3) is 0 Å². The fourth-order valence-electron chi connectivity index (χ4n) is 2.81. The molecule has 0 aliphatic heterocycles. The van der Waals surface area contributed by atoms with Crippen LogP contribution in [0.5, 0.6) is 0 Å². The summed E-state index contributed by atoms with van der Waals surface area (Å²) < 4.78 is 2.14. The summed E-state index contributed by atoms with van der Waals surface area (Å²) in [5.74, 6) is 0.786. The van der Waals surface area contributed by atoms with Crippen LogP contribution >= 0.6 is 0 Å². The van der Waals surface area contributed by atoms with Gasteiger partial charge in [-0.15, -0.1) is 0 Å². The highest BCUT2D eigenvalue weighted by atomic mass is 15.0. The topological polar surface area (TPSA) is 53.6 Å². The summed E-state index contributed by atoms with van der Waals surface area (Å²) in [6, 6.07) is 8.67. The number of rotatable bonds is 6. The molecule has 4 nitrogen and oxygen atoms in total. The molecule has 3 rings (SSSR count). The van der Waals surface area contributed by atoms with E-state index in [0.29, 0.717) is 18.3 Å². The molecule has 0 bridgehead atoms. The predicted molar refractivity (Wildman–Crippen MR) is 81.6 cm³/mol. The van der Waals surface area contributed by atoms with E-state index in [-0.39, 0.29) is 0 Å². The molecular formula is C17H20N4. The lowest BCUT2D eigenvalue weighted by Crippen LogP contribution is -2.22. The van der Waals surface area contributed by atoms with E-state index in [0.717, 1.165) is 18.0 Å². The van der Waals surface area contributed by atoms with E-state index in [1.807, 2.05) is 12.1 Å². The van der Waals surface area contributed by atoms with Crippen molar-refractivity contribution >= 4 is 0 Å². The van der Waals surface area contributed by atoms with Gasteiger partial charge in [0, 0.05) is 36.7 Å². The van der Waals surface area contributed by atoms with Gasteiger partial charge < -0.3 is 9.88 Å². The van der Waals surface area contributed by atoms with Crippen LogP contribution in [-0.2, 0) is 6.54 Å². The Morgan fingerprint density at radius 3 is 3.05 bits per heavy atom. The van der Waals surface area contributed by atoms with E-state index in [1.54, 1.807) is 6.20 Å². The summed E-state index contributed by atoms with van der Waals surface area (Å²) in [7, 11) is 0. The number of hydrogen-bond donors (Lipinski definition) is 1. The molecule has 0 radical (unpaired) electrons. The Kier molecular flexibility index (Phi) is 4.03. The number of pyridine rings is 1. The number of aromatic nitrogens is 2. The van der Waals surface area contributed by atoms with E-state index >= 15 is 0 Å². The van der Waals surface area contributed by atoms with Crippen LogP contribution in [-0.4, -0.2) is 16.1 Å². The van der Waals surface area contributed by atoms with Gasteiger partial charge in [-0.1, -0.05) is 13.0 Å². The van der Waals surface area contributed by atoms with Crippen molar-refractivity contribution in [2.45, 2.75) is 32.4 Å². The second kappa shape index (κ2) is 6.11. The highest BCUT2D eigenvalue weighted by Gasteiger charge is 2.32. The molecule has 1 atom stereocenters. The molecule has 1 unspecified atom stereocenters. The Bertz CT molecular complexity index is 649. The molecule has 0 aromatic carbocycles. The second-order valence-corrected chi connectivity index (χ2v) is 5.61. The van der Waals surface area contributed by atoms with Crippen molar-refractivity contribution in [3.63, 3.8) is 0 Å². The average Bonchev–Trinajstić information content (AvgIpc) is 3.25. The first-order chi connectivity index (χ1) is 10.3. The minimum atomic E-state index is 0.473. The molecule has 1 aliphatic carbocycles. The van der Waals surface area contributed by atoms with E-state index in [9.17, 15) is 0 Å². The summed E-state index contributed by atoms with van der Waals surface area (Å²) in [5.41, 5.74) is 2.83. The molecule has 21 heavy (non-hydrogen) atoms. The lowest BCUT2D eigenvalue weighted by atomic mass is 10.1. The van der Waals surface area contributed by atoms with Gasteiger partial charge in [-0.05, 0) is 43.0 Å². The lowest BCUT2D eigenvalue weighted by Gasteiger charge is -2.15. The first-order valence-corrected chi connectivity index (χ1v) is 7.55. The molecule has 0 saturated heterocycles. The first kappa shape index (κ1) is 13.8. The van der Waals surface area contributed by atoms with Crippen molar-refractivity contribution in [1.82, 2.24) is 14.9 Å². The fourth-order valence-corrected chi connectivity index (χ4v) is 2.81. The largest absolute Gasteiger partial charge is 0.349 e. The van der Waals surface area contributed by atoms with Crippen LogP contribution in [0, 0.1) is 17.2 Å². The van der Waals surface area contributed by atoms with Gasteiger partial charge in [-0.2, -0.15) is 5.26 Å². The van der Waals surface area contributed by atoms with Gasteiger partial charge in [-0.3, -0.25) is 0 Å². The third-order valence-electron chi connectivity index (χ3n) is 4.00. The lowest BCUT2D eigenvalue weighted by molar-refractivity contribution is 0.495. The van der Waals surface area contributed by atoms with E-state index in [2.05, 4.69) is 46.3 Å². The maximum absolute atomic E-state index is 9.11. The molecular weight excluding hydrogens is 260 g/mol. The van der Waals surface area contributed by atoms with E-state index in [1.165, 1.54) is 18.4 Å². The van der Waals surface area contributed by atoms with Crippen molar-refractivity contribution in [2.75, 3.05) is 6.54 Å². The van der Waals surface area contributed by atoms with Gasteiger partial charge in [0.2, 0.25) is 0 Å². The molecule has 0 spiro atoms. The second-order valence-electron chi connectivity index (χ2n) is 5.61. The smallest absolute Gasteiger partial charge is 0.145 e. The van der Waals surface area contributed by atoms with Crippen LogP contribution in [0.15, 0.2) is 36.8 Å². The molecule has 1 fully saturated rings. The predicted octanol–water partition coefficient (Wildman–Crippen LogP) is 2.86. The van der Waals surface area contributed by atoms with Gasteiger partial charge in [-0.25, -0.2) is 4.98 Å². The highest BCUT2D eigenvalue weighted by molar-refractivity contribution is 5.31. The molecule has 1 aliphatic rings. The maximum atomic E-state index is 9.11. The number of nitriles is 1. The minimum absolute atomic E-state index is 0.473. The third kappa shape index (κ3) is 3.14. The highest BCUT2D eigenvalue weighted by Crippen LogP contribution is 2.41. The normalized spacial score (nSPS) is 15.6.